The van der Waals surface area contributed by atoms with Crippen LogP contribution in [-0.4, -0.2) is 34.4 Å². The Kier molecular flexibility index (Phi) is 3.56. The fourth-order valence-corrected chi connectivity index (χ4v) is 4.63. The Morgan fingerprint density at radius 3 is 2.53 bits per heavy atom. The van der Waals surface area contributed by atoms with Crippen LogP contribution in [0.2, 0.25) is 0 Å². The summed E-state index contributed by atoms with van der Waals surface area (Å²) in [7, 11) is 0. The molecular weight excluding hydrogens is 242 g/mol. The fraction of sp³-hybridized carbons (Fsp3) is 0.933. The first-order chi connectivity index (χ1) is 9.09. The number of carbonyl (C=O) groups is 1. The van der Waals surface area contributed by atoms with Gasteiger partial charge in [-0.15, -0.1) is 0 Å². The van der Waals surface area contributed by atoms with Crippen molar-refractivity contribution in [2.24, 2.45) is 17.8 Å². The van der Waals surface area contributed by atoms with Crippen LogP contribution in [0, 0.1) is 17.8 Å². The minimum Gasteiger partial charge on any atom is -0.481 e. The molecule has 4 atom stereocenters. The Morgan fingerprint density at radius 2 is 1.84 bits per heavy atom. The SMILES string of the molecule is O=C(O)C1C2CCC(C2)C1NCC1(O)CCCCC1. The quantitative estimate of drug-likeness (QED) is 0.726. The van der Waals surface area contributed by atoms with Crippen molar-refractivity contribution in [3.63, 3.8) is 0 Å². The lowest BCUT2D eigenvalue weighted by molar-refractivity contribution is -0.144. The number of hydrogen-bond donors (Lipinski definition) is 3. The molecule has 4 unspecified atom stereocenters. The summed E-state index contributed by atoms with van der Waals surface area (Å²) in [6.45, 7) is 0.574. The van der Waals surface area contributed by atoms with Crippen molar-refractivity contribution >= 4 is 5.97 Å². The lowest BCUT2D eigenvalue weighted by atomic mass is 9.82. The summed E-state index contributed by atoms with van der Waals surface area (Å²) in [6.07, 6.45) is 8.42. The van der Waals surface area contributed by atoms with Crippen molar-refractivity contribution in [1.82, 2.24) is 5.32 Å². The number of carboxylic acid groups (broad SMARTS) is 1. The number of carboxylic acids is 1. The van der Waals surface area contributed by atoms with E-state index in [0.29, 0.717) is 18.4 Å². The second-order valence-corrected chi connectivity index (χ2v) is 6.89. The predicted molar refractivity (Wildman–Crippen MR) is 71.8 cm³/mol. The van der Waals surface area contributed by atoms with Crippen LogP contribution in [0.25, 0.3) is 0 Å². The highest BCUT2D eigenvalue weighted by Gasteiger charge is 2.51. The average molecular weight is 267 g/mol. The molecule has 3 aliphatic rings. The van der Waals surface area contributed by atoms with Crippen LogP contribution in [0.15, 0.2) is 0 Å². The van der Waals surface area contributed by atoms with Gasteiger partial charge in [-0.3, -0.25) is 4.79 Å². The number of nitrogens with one attached hydrogen (secondary N) is 1. The van der Waals surface area contributed by atoms with Gasteiger partial charge in [-0.25, -0.2) is 0 Å². The summed E-state index contributed by atoms with van der Waals surface area (Å²) in [5, 5.41) is 23.3. The molecule has 0 amide bonds. The largest absolute Gasteiger partial charge is 0.481 e. The van der Waals surface area contributed by atoms with E-state index in [4.69, 9.17) is 0 Å². The van der Waals surface area contributed by atoms with Gasteiger partial charge in [-0.2, -0.15) is 0 Å². The van der Waals surface area contributed by atoms with Crippen molar-refractivity contribution in [3.8, 4) is 0 Å². The second-order valence-electron chi connectivity index (χ2n) is 6.89. The summed E-state index contributed by atoms with van der Waals surface area (Å²) in [5.74, 6) is -0.00874. The minimum absolute atomic E-state index is 0.0854. The van der Waals surface area contributed by atoms with Gasteiger partial charge < -0.3 is 15.5 Å². The molecule has 4 heteroatoms. The molecule has 0 aliphatic heterocycles. The number of rotatable bonds is 4. The van der Waals surface area contributed by atoms with Crippen LogP contribution in [0.1, 0.15) is 51.4 Å². The molecule has 0 heterocycles. The monoisotopic (exact) mass is 267 g/mol. The Balaban J connectivity index is 1.61. The lowest BCUT2D eigenvalue weighted by Crippen LogP contribution is -2.51. The van der Waals surface area contributed by atoms with Crippen LogP contribution in [-0.2, 0) is 4.79 Å². The zero-order valence-electron chi connectivity index (χ0n) is 11.5. The van der Waals surface area contributed by atoms with Crippen molar-refractivity contribution < 1.29 is 15.0 Å². The molecule has 19 heavy (non-hydrogen) atoms. The fourth-order valence-electron chi connectivity index (χ4n) is 4.63. The molecule has 108 valence electrons. The van der Waals surface area contributed by atoms with Crippen LogP contribution >= 0.6 is 0 Å². The van der Waals surface area contributed by atoms with E-state index in [2.05, 4.69) is 5.32 Å². The molecule has 0 radical (unpaired) electrons. The first kappa shape index (κ1) is 13.4. The van der Waals surface area contributed by atoms with Gasteiger partial charge in [-0.1, -0.05) is 19.3 Å². The zero-order valence-corrected chi connectivity index (χ0v) is 11.5. The van der Waals surface area contributed by atoms with Crippen molar-refractivity contribution in [2.45, 2.75) is 63.0 Å². The topological polar surface area (TPSA) is 69.6 Å². The molecular formula is C15H25NO3. The van der Waals surface area contributed by atoms with E-state index >= 15 is 0 Å². The van der Waals surface area contributed by atoms with Gasteiger partial charge in [-0.05, 0) is 43.9 Å². The predicted octanol–water partition coefficient (Wildman–Crippen LogP) is 1.77. The number of hydrogen-bond acceptors (Lipinski definition) is 3. The van der Waals surface area contributed by atoms with E-state index in [1.807, 2.05) is 0 Å². The van der Waals surface area contributed by atoms with E-state index in [1.165, 1.54) is 6.42 Å². The van der Waals surface area contributed by atoms with Crippen LogP contribution in [0.5, 0.6) is 0 Å². The molecule has 0 spiro atoms. The molecule has 0 aromatic carbocycles. The molecule has 3 aliphatic carbocycles. The number of aliphatic carboxylic acids is 1. The van der Waals surface area contributed by atoms with Gasteiger partial charge >= 0.3 is 5.97 Å². The molecule has 3 fully saturated rings. The third-order valence-corrected chi connectivity index (χ3v) is 5.65. The van der Waals surface area contributed by atoms with Gasteiger partial charge in [0.1, 0.15) is 0 Å². The summed E-state index contributed by atoms with van der Waals surface area (Å²) in [4.78, 5) is 11.4. The molecule has 3 rings (SSSR count). The Labute approximate surface area is 114 Å². The maximum atomic E-state index is 11.4. The van der Waals surface area contributed by atoms with Crippen LogP contribution in [0.3, 0.4) is 0 Å². The third-order valence-electron chi connectivity index (χ3n) is 5.65. The average Bonchev–Trinajstić information content (AvgIpc) is 2.97. The highest BCUT2D eigenvalue weighted by atomic mass is 16.4. The van der Waals surface area contributed by atoms with Gasteiger partial charge in [0.25, 0.3) is 0 Å². The van der Waals surface area contributed by atoms with Gasteiger partial charge in [0.15, 0.2) is 0 Å². The third kappa shape index (κ3) is 2.52. The van der Waals surface area contributed by atoms with E-state index in [1.54, 1.807) is 0 Å². The first-order valence-corrected chi connectivity index (χ1v) is 7.78. The van der Waals surface area contributed by atoms with Crippen LogP contribution in [0.4, 0.5) is 0 Å². The molecule has 3 N–H and O–H groups in total. The molecule has 0 aromatic heterocycles. The number of aliphatic hydroxyl groups is 1. The van der Waals surface area contributed by atoms with E-state index in [0.717, 1.165) is 44.9 Å². The summed E-state index contributed by atoms with van der Waals surface area (Å²) in [5.41, 5.74) is -0.594. The van der Waals surface area contributed by atoms with Crippen molar-refractivity contribution in [1.29, 1.82) is 0 Å². The molecule has 3 saturated carbocycles. The molecule has 4 nitrogen and oxygen atoms in total. The smallest absolute Gasteiger partial charge is 0.308 e. The van der Waals surface area contributed by atoms with Crippen molar-refractivity contribution in [2.75, 3.05) is 6.54 Å². The maximum Gasteiger partial charge on any atom is 0.308 e. The first-order valence-electron chi connectivity index (χ1n) is 7.78. The number of fused-ring (bicyclic) bond motifs is 2. The van der Waals surface area contributed by atoms with Crippen molar-refractivity contribution in [3.05, 3.63) is 0 Å². The highest BCUT2D eigenvalue weighted by molar-refractivity contribution is 5.72. The van der Waals surface area contributed by atoms with E-state index in [9.17, 15) is 15.0 Å². The lowest BCUT2D eigenvalue weighted by Gasteiger charge is -2.36. The standard InChI is InChI=1S/C15H25NO3/c17-14(18)12-10-4-5-11(8-10)13(12)16-9-15(19)6-2-1-3-7-15/h10-13,16,19H,1-9H2,(H,17,18). The highest BCUT2D eigenvalue weighted by Crippen LogP contribution is 2.48. The summed E-state index contributed by atoms with van der Waals surface area (Å²) in [6, 6.07) is 0.0854. The van der Waals surface area contributed by atoms with Gasteiger partial charge in [0, 0.05) is 12.6 Å². The van der Waals surface area contributed by atoms with Gasteiger partial charge in [0.2, 0.25) is 0 Å². The maximum absolute atomic E-state index is 11.4. The zero-order chi connectivity index (χ0) is 13.5. The minimum atomic E-state index is -0.652. The summed E-state index contributed by atoms with van der Waals surface area (Å²) < 4.78 is 0. The molecule has 0 saturated heterocycles. The van der Waals surface area contributed by atoms with Gasteiger partial charge in [0.05, 0.1) is 11.5 Å². The van der Waals surface area contributed by atoms with E-state index < -0.39 is 11.6 Å². The normalized spacial score (nSPS) is 40.5. The van der Waals surface area contributed by atoms with Crippen LogP contribution < -0.4 is 5.32 Å². The molecule has 2 bridgehead atoms. The Bertz CT molecular complexity index is 351. The molecule has 0 aromatic rings. The second kappa shape index (κ2) is 5.06. The Hall–Kier alpha value is -0.610. The summed E-state index contributed by atoms with van der Waals surface area (Å²) >= 11 is 0. The van der Waals surface area contributed by atoms with E-state index in [-0.39, 0.29) is 12.0 Å². The Morgan fingerprint density at radius 1 is 1.16 bits per heavy atom.